The average molecular weight is 350 g/mol. The number of ether oxygens (including phenoxy) is 1. The highest BCUT2D eigenvalue weighted by Gasteiger charge is 2.23. The highest BCUT2D eigenvalue weighted by Crippen LogP contribution is 2.34. The molecule has 0 saturated carbocycles. The number of carbonyl (C=O) groups excluding carboxylic acids is 1. The molecule has 1 heterocycles. The number of carbonyl (C=O) groups is 1. The van der Waals surface area contributed by atoms with Crippen LogP contribution in [0.25, 0.3) is 0 Å². The van der Waals surface area contributed by atoms with E-state index in [4.69, 9.17) is 4.74 Å². The normalized spacial score (nSPS) is 15.4. The van der Waals surface area contributed by atoms with E-state index in [0.29, 0.717) is 6.61 Å². The van der Waals surface area contributed by atoms with E-state index < -0.39 is 0 Å². The monoisotopic (exact) mass is 350 g/mol. The smallest absolute Gasteiger partial charge is 0.340 e. The van der Waals surface area contributed by atoms with Crippen LogP contribution in [0.15, 0.2) is 0 Å². The summed E-state index contributed by atoms with van der Waals surface area (Å²) in [7, 11) is 0. The van der Waals surface area contributed by atoms with Crippen LogP contribution >= 0.6 is 33.9 Å². The molecule has 2 rings (SSSR count). The molecule has 0 aromatic carbocycles. The highest BCUT2D eigenvalue weighted by molar-refractivity contribution is 14.1. The first-order chi connectivity index (χ1) is 7.74. The molecule has 1 aromatic heterocycles. The predicted octanol–water partition coefficient (Wildman–Crippen LogP) is 3.80. The second kappa shape index (κ2) is 5.49. The Morgan fingerprint density at radius 3 is 2.88 bits per heavy atom. The van der Waals surface area contributed by atoms with Crippen LogP contribution in [0.1, 0.15) is 47.0 Å². The standard InChI is InChI=1S/C12H15IO2S/c1-2-15-12(14)10-8-6-4-3-5-7-9(8)16-11(10)13/h2-7H2,1H3. The maximum Gasteiger partial charge on any atom is 0.340 e. The van der Waals surface area contributed by atoms with Gasteiger partial charge in [0.15, 0.2) is 0 Å². The number of fused-ring (bicyclic) bond motifs is 1. The second-order valence-electron chi connectivity index (χ2n) is 3.93. The second-order valence-corrected chi connectivity index (χ2v) is 6.85. The molecule has 0 amide bonds. The molecule has 0 fully saturated rings. The Bertz CT molecular complexity index is 398. The van der Waals surface area contributed by atoms with E-state index in [2.05, 4.69) is 22.6 Å². The summed E-state index contributed by atoms with van der Waals surface area (Å²) >= 11 is 4.04. The topological polar surface area (TPSA) is 26.3 Å². The zero-order chi connectivity index (χ0) is 11.5. The van der Waals surface area contributed by atoms with Crippen molar-refractivity contribution < 1.29 is 9.53 Å². The maximum atomic E-state index is 11.9. The van der Waals surface area contributed by atoms with Crippen molar-refractivity contribution in [2.75, 3.05) is 6.61 Å². The summed E-state index contributed by atoms with van der Waals surface area (Å²) in [5, 5.41) is 0. The number of esters is 1. The number of halogens is 1. The van der Waals surface area contributed by atoms with Crippen molar-refractivity contribution >= 4 is 39.9 Å². The molecule has 0 radical (unpaired) electrons. The van der Waals surface area contributed by atoms with Crippen LogP contribution in [0.3, 0.4) is 0 Å². The van der Waals surface area contributed by atoms with Crippen LogP contribution in [0.5, 0.6) is 0 Å². The third-order valence-corrected chi connectivity index (χ3v) is 5.14. The molecule has 0 spiro atoms. The number of hydrogen-bond acceptors (Lipinski definition) is 3. The van der Waals surface area contributed by atoms with Crippen LogP contribution < -0.4 is 0 Å². The third-order valence-electron chi connectivity index (χ3n) is 2.86. The lowest BCUT2D eigenvalue weighted by molar-refractivity contribution is 0.0524. The Hall–Kier alpha value is -0.100. The number of hydrogen-bond donors (Lipinski definition) is 0. The van der Waals surface area contributed by atoms with Crippen LogP contribution in [0, 0.1) is 2.88 Å². The Morgan fingerprint density at radius 2 is 2.12 bits per heavy atom. The van der Waals surface area contributed by atoms with E-state index >= 15 is 0 Å². The lowest BCUT2D eigenvalue weighted by Crippen LogP contribution is -2.08. The van der Waals surface area contributed by atoms with Gasteiger partial charge in [-0.3, -0.25) is 0 Å². The Balaban J connectivity index is 2.36. The first-order valence-corrected chi connectivity index (χ1v) is 7.60. The lowest BCUT2D eigenvalue weighted by atomic mass is 10.1. The van der Waals surface area contributed by atoms with Crippen molar-refractivity contribution in [1.82, 2.24) is 0 Å². The molecule has 0 saturated heterocycles. The van der Waals surface area contributed by atoms with Gasteiger partial charge in [0.05, 0.1) is 15.1 Å². The van der Waals surface area contributed by atoms with Crippen molar-refractivity contribution in [2.45, 2.75) is 39.0 Å². The summed E-state index contributed by atoms with van der Waals surface area (Å²) in [5.41, 5.74) is 2.12. The van der Waals surface area contributed by atoms with Gasteiger partial charge in [0.1, 0.15) is 0 Å². The van der Waals surface area contributed by atoms with E-state index in [1.165, 1.54) is 29.7 Å². The summed E-state index contributed by atoms with van der Waals surface area (Å²) in [4.78, 5) is 13.3. The molecule has 1 aromatic rings. The molecule has 0 N–H and O–H groups in total. The molecule has 1 aliphatic carbocycles. The SMILES string of the molecule is CCOC(=O)c1c(I)sc2c1CCCCC2. The molecule has 0 atom stereocenters. The molecule has 0 bridgehead atoms. The van der Waals surface area contributed by atoms with Gasteiger partial charge in [-0.15, -0.1) is 11.3 Å². The Kier molecular flexibility index (Phi) is 4.24. The molecule has 88 valence electrons. The van der Waals surface area contributed by atoms with Crippen molar-refractivity contribution in [3.05, 3.63) is 18.9 Å². The average Bonchev–Trinajstić information content (AvgIpc) is 2.43. The van der Waals surface area contributed by atoms with E-state index in [9.17, 15) is 4.79 Å². The van der Waals surface area contributed by atoms with Crippen molar-refractivity contribution in [3.8, 4) is 0 Å². The van der Waals surface area contributed by atoms with Crippen LogP contribution in [-0.4, -0.2) is 12.6 Å². The van der Waals surface area contributed by atoms with Crippen molar-refractivity contribution in [2.24, 2.45) is 0 Å². The van der Waals surface area contributed by atoms with Crippen LogP contribution in [0.2, 0.25) is 0 Å². The summed E-state index contributed by atoms with van der Waals surface area (Å²) in [6.45, 7) is 2.31. The molecule has 16 heavy (non-hydrogen) atoms. The highest BCUT2D eigenvalue weighted by atomic mass is 127. The first-order valence-electron chi connectivity index (χ1n) is 5.71. The minimum absolute atomic E-state index is 0.133. The molecule has 4 heteroatoms. The molecular formula is C12H15IO2S. The quantitative estimate of drug-likeness (QED) is 0.461. The molecule has 2 nitrogen and oxygen atoms in total. The van der Waals surface area contributed by atoms with Gasteiger partial charge >= 0.3 is 5.97 Å². The molecule has 0 unspecified atom stereocenters. The van der Waals surface area contributed by atoms with Gasteiger partial charge in [-0.1, -0.05) is 6.42 Å². The van der Waals surface area contributed by atoms with Gasteiger partial charge in [0.25, 0.3) is 0 Å². The predicted molar refractivity (Wildman–Crippen MR) is 74.3 cm³/mol. The van der Waals surface area contributed by atoms with Gasteiger partial charge in [0, 0.05) is 4.88 Å². The summed E-state index contributed by atoms with van der Waals surface area (Å²) in [6.07, 6.45) is 5.91. The fourth-order valence-electron chi connectivity index (χ4n) is 2.12. The largest absolute Gasteiger partial charge is 0.462 e. The number of rotatable bonds is 2. The van der Waals surface area contributed by atoms with Gasteiger partial charge in [0.2, 0.25) is 0 Å². The summed E-state index contributed by atoms with van der Waals surface area (Å²) in [5.74, 6) is -0.133. The molecular weight excluding hydrogens is 335 g/mol. The lowest BCUT2D eigenvalue weighted by Gasteiger charge is -2.04. The van der Waals surface area contributed by atoms with Crippen molar-refractivity contribution in [3.63, 3.8) is 0 Å². The molecule has 0 aliphatic heterocycles. The van der Waals surface area contributed by atoms with Gasteiger partial charge < -0.3 is 4.74 Å². The Morgan fingerprint density at radius 1 is 1.38 bits per heavy atom. The van der Waals surface area contributed by atoms with Gasteiger partial charge in [-0.05, 0) is 60.8 Å². The zero-order valence-electron chi connectivity index (χ0n) is 9.35. The summed E-state index contributed by atoms with van der Waals surface area (Å²) in [6, 6.07) is 0. The van der Waals surface area contributed by atoms with Crippen molar-refractivity contribution in [1.29, 1.82) is 0 Å². The van der Waals surface area contributed by atoms with Crippen LogP contribution in [0.4, 0.5) is 0 Å². The fourth-order valence-corrected chi connectivity index (χ4v) is 4.56. The maximum absolute atomic E-state index is 11.9. The van der Waals surface area contributed by atoms with Crippen LogP contribution in [-0.2, 0) is 17.6 Å². The minimum atomic E-state index is -0.133. The van der Waals surface area contributed by atoms with E-state index in [1.807, 2.05) is 6.92 Å². The third kappa shape index (κ3) is 2.42. The minimum Gasteiger partial charge on any atom is -0.462 e. The fraction of sp³-hybridized carbons (Fsp3) is 0.583. The van der Waals surface area contributed by atoms with E-state index in [1.54, 1.807) is 11.3 Å². The number of aryl methyl sites for hydroxylation is 1. The summed E-state index contributed by atoms with van der Waals surface area (Å²) < 4.78 is 6.24. The van der Waals surface area contributed by atoms with E-state index in [0.717, 1.165) is 21.3 Å². The first kappa shape index (κ1) is 12.4. The zero-order valence-corrected chi connectivity index (χ0v) is 12.3. The van der Waals surface area contributed by atoms with Gasteiger partial charge in [-0.2, -0.15) is 0 Å². The van der Waals surface area contributed by atoms with Gasteiger partial charge in [-0.25, -0.2) is 4.79 Å². The molecule has 1 aliphatic rings. The van der Waals surface area contributed by atoms with E-state index in [-0.39, 0.29) is 5.97 Å². The Labute approximate surface area is 114 Å². The number of thiophene rings is 1.